The molecule has 0 aliphatic heterocycles. The Morgan fingerprint density at radius 3 is 1.45 bits per heavy atom. The van der Waals surface area contributed by atoms with Gasteiger partial charge in [0.05, 0.1) is 51.0 Å². The molecule has 0 bridgehead atoms. The van der Waals surface area contributed by atoms with Crippen LogP contribution in [0.3, 0.4) is 0 Å². The Kier molecular flexibility index (Phi) is 6.79. The van der Waals surface area contributed by atoms with Crippen LogP contribution in [0.15, 0.2) is 164 Å². The first kappa shape index (κ1) is 30.1. The average Bonchev–Trinajstić information content (AvgIpc) is 3.91. The minimum atomic E-state index is 0.573. The largest absolute Gasteiger partial charge is 0.309 e. The molecule has 7 heteroatoms. The van der Waals surface area contributed by atoms with Gasteiger partial charge in [-0.05, 0) is 78.9 Å². The van der Waals surface area contributed by atoms with Crippen molar-refractivity contribution in [3.05, 3.63) is 175 Å². The Morgan fingerprint density at radius 1 is 0.415 bits per heavy atom. The van der Waals surface area contributed by atoms with Gasteiger partial charge in [0.1, 0.15) is 11.4 Å². The van der Waals surface area contributed by atoms with E-state index in [-0.39, 0.29) is 0 Å². The van der Waals surface area contributed by atoms with Crippen molar-refractivity contribution in [3.63, 3.8) is 0 Å². The zero-order chi connectivity index (χ0) is 35.5. The van der Waals surface area contributed by atoms with Gasteiger partial charge in [-0.2, -0.15) is 10.5 Å². The van der Waals surface area contributed by atoms with Crippen molar-refractivity contribution in [2.75, 3.05) is 0 Å². The van der Waals surface area contributed by atoms with Gasteiger partial charge in [0.15, 0.2) is 0 Å². The van der Waals surface area contributed by atoms with Crippen LogP contribution in [0.5, 0.6) is 0 Å². The number of nitriles is 2. The van der Waals surface area contributed by atoms with Crippen LogP contribution in [-0.2, 0) is 0 Å². The highest BCUT2D eigenvalue weighted by Gasteiger charge is 2.21. The summed E-state index contributed by atoms with van der Waals surface area (Å²) in [6.07, 6.45) is 0. The second-order valence-corrected chi connectivity index (χ2v) is 13.0. The van der Waals surface area contributed by atoms with E-state index in [1.165, 1.54) is 21.8 Å². The molecule has 0 fully saturated rings. The Bertz CT molecular complexity index is 3070. The zero-order valence-corrected chi connectivity index (χ0v) is 28.2. The minimum Gasteiger partial charge on any atom is -0.309 e. The lowest BCUT2D eigenvalue weighted by Crippen LogP contribution is -2.01. The Hall–Kier alpha value is -7.74. The van der Waals surface area contributed by atoms with Gasteiger partial charge in [-0.25, -0.2) is 4.68 Å². The minimum absolute atomic E-state index is 0.573. The van der Waals surface area contributed by atoms with E-state index in [1.54, 1.807) is 24.3 Å². The summed E-state index contributed by atoms with van der Waals surface area (Å²) in [5, 5.41) is 32.9. The van der Waals surface area contributed by atoms with E-state index < -0.39 is 0 Å². The Balaban J connectivity index is 1.16. The maximum atomic E-state index is 9.48. The Labute approximate surface area is 304 Å². The van der Waals surface area contributed by atoms with E-state index in [0.29, 0.717) is 16.8 Å². The smallest absolute Gasteiger partial charge is 0.121 e. The lowest BCUT2D eigenvalue weighted by molar-refractivity contribution is 0.809. The third-order valence-corrected chi connectivity index (χ3v) is 10.1. The number of nitrogens with zero attached hydrogens (tertiary/aromatic N) is 7. The van der Waals surface area contributed by atoms with E-state index in [4.69, 9.17) is 5.21 Å². The first-order valence-electron chi connectivity index (χ1n) is 17.3. The average molecular weight is 678 g/mol. The van der Waals surface area contributed by atoms with Crippen molar-refractivity contribution in [1.82, 2.24) is 24.1 Å². The summed E-state index contributed by atoms with van der Waals surface area (Å²) in [5.41, 5.74) is 11.9. The number of hydrogen-bond donors (Lipinski definition) is 0. The highest BCUT2D eigenvalue weighted by atomic mass is 15.4. The third kappa shape index (κ3) is 4.73. The molecule has 0 radical (unpaired) electrons. The molecule has 0 spiro atoms. The molecule has 53 heavy (non-hydrogen) atoms. The number of rotatable bonds is 5. The van der Waals surface area contributed by atoms with Crippen LogP contribution >= 0.6 is 0 Å². The fourth-order valence-electron chi connectivity index (χ4n) is 7.66. The van der Waals surface area contributed by atoms with Crippen LogP contribution in [0, 0.1) is 22.7 Å². The van der Waals surface area contributed by atoms with E-state index in [0.717, 1.165) is 55.7 Å². The molecule has 0 N–H and O–H groups in total. The fraction of sp³-hybridized carbons (Fsp3) is 0. The van der Waals surface area contributed by atoms with Gasteiger partial charge in [-0.15, -0.1) is 5.10 Å². The topological polar surface area (TPSA) is 88.2 Å². The number of fused-ring (bicyclic) bond motifs is 6. The van der Waals surface area contributed by atoms with Crippen molar-refractivity contribution in [2.45, 2.75) is 0 Å². The predicted octanol–water partition coefficient (Wildman–Crippen LogP) is 10.5. The number of benzene rings is 7. The van der Waals surface area contributed by atoms with Crippen molar-refractivity contribution in [2.24, 2.45) is 0 Å². The summed E-state index contributed by atoms with van der Waals surface area (Å²) in [6, 6.07) is 60.0. The normalized spacial score (nSPS) is 11.4. The molecule has 0 aliphatic rings. The molecule has 0 saturated carbocycles. The number of hydrogen-bond acceptors (Lipinski definition) is 4. The highest BCUT2D eigenvalue weighted by molar-refractivity contribution is 6.11. The standard InChI is InChI=1S/C46H27N7/c47-28-30-16-20-32(21-17-30)45-46(33-22-18-31(29-48)19-23-33)53(50-49-45)36-24-25-44-40(27-36)39-12-3-6-15-43(39)52(44)35-9-7-8-34(26-35)51-41-13-4-1-10-37(41)38-11-2-5-14-42(38)51/h1-27H. The van der Waals surface area contributed by atoms with E-state index in [1.807, 2.05) is 28.9 Å². The summed E-state index contributed by atoms with van der Waals surface area (Å²) in [6.45, 7) is 0. The molecule has 0 amide bonds. The van der Waals surface area contributed by atoms with Crippen molar-refractivity contribution < 1.29 is 0 Å². The molecule has 7 aromatic carbocycles. The molecule has 3 heterocycles. The van der Waals surface area contributed by atoms with Gasteiger partial charge in [-0.1, -0.05) is 90.1 Å². The monoisotopic (exact) mass is 677 g/mol. The molecule has 246 valence electrons. The number of para-hydroxylation sites is 3. The van der Waals surface area contributed by atoms with Crippen LogP contribution in [0.2, 0.25) is 0 Å². The molecular weight excluding hydrogens is 651 g/mol. The van der Waals surface area contributed by atoms with Gasteiger partial charge >= 0.3 is 0 Å². The molecule has 0 saturated heterocycles. The maximum absolute atomic E-state index is 9.48. The molecule has 3 aromatic heterocycles. The highest BCUT2D eigenvalue weighted by Crippen LogP contribution is 2.38. The zero-order valence-electron chi connectivity index (χ0n) is 28.2. The van der Waals surface area contributed by atoms with Gasteiger partial charge in [0.25, 0.3) is 0 Å². The van der Waals surface area contributed by atoms with Gasteiger partial charge in [-0.3, -0.25) is 0 Å². The molecular formula is C46H27N7. The maximum Gasteiger partial charge on any atom is 0.121 e. The van der Waals surface area contributed by atoms with Crippen LogP contribution < -0.4 is 0 Å². The molecule has 0 unspecified atom stereocenters. The molecule has 10 aromatic rings. The molecule has 0 atom stereocenters. The SMILES string of the molecule is N#Cc1ccc(-c2nnn(-c3ccc4c(c3)c3ccccc3n4-c3cccc(-n4c5ccccc5c5ccccc54)c3)c2-c2ccc(C#N)cc2)cc1. The molecule has 0 aliphatic carbocycles. The second kappa shape index (κ2) is 11.9. The summed E-state index contributed by atoms with van der Waals surface area (Å²) in [4.78, 5) is 0. The van der Waals surface area contributed by atoms with Crippen LogP contribution in [0.4, 0.5) is 0 Å². The second-order valence-electron chi connectivity index (χ2n) is 13.0. The lowest BCUT2D eigenvalue weighted by Gasteiger charge is -2.13. The van der Waals surface area contributed by atoms with Gasteiger partial charge in [0, 0.05) is 44.0 Å². The summed E-state index contributed by atoms with van der Waals surface area (Å²) >= 11 is 0. The van der Waals surface area contributed by atoms with Crippen molar-refractivity contribution in [1.29, 1.82) is 10.5 Å². The van der Waals surface area contributed by atoms with Crippen molar-refractivity contribution >= 4 is 43.6 Å². The van der Waals surface area contributed by atoms with Crippen LogP contribution in [-0.4, -0.2) is 24.1 Å². The van der Waals surface area contributed by atoms with Gasteiger partial charge < -0.3 is 9.13 Å². The predicted molar refractivity (Wildman–Crippen MR) is 210 cm³/mol. The number of aromatic nitrogens is 5. The Morgan fingerprint density at radius 2 is 0.906 bits per heavy atom. The summed E-state index contributed by atoms with van der Waals surface area (Å²) in [7, 11) is 0. The molecule has 10 rings (SSSR count). The first-order chi connectivity index (χ1) is 26.2. The summed E-state index contributed by atoms with van der Waals surface area (Å²) in [5.74, 6) is 0. The molecule has 7 nitrogen and oxygen atoms in total. The first-order valence-corrected chi connectivity index (χ1v) is 17.3. The van der Waals surface area contributed by atoms with E-state index >= 15 is 0 Å². The van der Waals surface area contributed by atoms with Crippen molar-refractivity contribution in [3.8, 4) is 51.7 Å². The third-order valence-electron chi connectivity index (χ3n) is 10.1. The van der Waals surface area contributed by atoms with Gasteiger partial charge in [0.2, 0.25) is 0 Å². The van der Waals surface area contributed by atoms with Crippen LogP contribution in [0.1, 0.15) is 11.1 Å². The quantitative estimate of drug-likeness (QED) is 0.181. The fourth-order valence-corrected chi connectivity index (χ4v) is 7.66. The lowest BCUT2D eigenvalue weighted by atomic mass is 10.0. The van der Waals surface area contributed by atoms with Crippen LogP contribution in [0.25, 0.3) is 83.2 Å². The van der Waals surface area contributed by atoms with E-state index in [2.05, 4.69) is 142 Å². The summed E-state index contributed by atoms with van der Waals surface area (Å²) < 4.78 is 6.54. The van der Waals surface area contributed by atoms with E-state index in [9.17, 15) is 10.5 Å².